The van der Waals surface area contributed by atoms with Crippen LogP contribution in [0.15, 0.2) is 42.5 Å². The van der Waals surface area contributed by atoms with Crippen molar-refractivity contribution < 1.29 is 19.2 Å². The second-order valence-corrected chi connectivity index (χ2v) is 6.66. The number of nitrogens with zero attached hydrogens (tertiary/aromatic N) is 2. The molecule has 0 fully saturated rings. The quantitative estimate of drug-likeness (QED) is 0.468. The van der Waals surface area contributed by atoms with Crippen LogP contribution in [0.5, 0.6) is 0 Å². The smallest absolute Gasteiger partial charge is 0.346 e. The number of amides is 1. The Hall–Kier alpha value is -3.22. The van der Waals surface area contributed by atoms with Gasteiger partial charge in [-0.2, -0.15) is 0 Å². The molecule has 3 rings (SSSR count). The van der Waals surface area contributed by atoms with Crippen LogP contribution >= 0.6 is 0 Å². The summed E-state index contributed by atoms with van der Waals surface area (Å²) in [5.41, 5.74) is 1.83. The molecular weight excluding hydrogens is 348 g/mol. The van der Waals surface area contributed by atoms with Crippen LogP contribution in [0, 0.1) is 17.0 Å². The maximum absolute atomic E-state index is 12.9. The van der Waals surface area contributed by atoms with Crippen molar-refractivity contribution in [2.45, 2.75) is 39.3 Å². The molecule has 0 aliphatic carbocycles. The highest BCUT2D eigenvalue weighted by Crippen LogP contribution is 2.32. The zero-order chi connectivity index (χ0) is 19.7. The zero-order valence-corrected chi connectivity index (χ0v) is 15.3. The zero-order valence-electron chi connectivity index (χ0n) is 15.3. The number of rotatable bonds is 4. The third kappa shape index (κ3) is 3.40. The number of carbonyl (C=O) groups excluding carboxylic acids is 2. The number of esters is 1. The van der Waals surface area contributed by atoms with Crippen molar-refractivity contribution >= 4 is 23.3 Å². The molecule has 1 aliphatic heterocycles. The number of hydrogen-bond donors (Lipinski definition) is 0. The van der Waals surface area contributed by atoms with Gasteiger partial charge in [-0.25, -0.2) is 4.79 Å². The van der Waals surface area contributed by atoms with Gasteiger partial charge in [-0.1, -0.05) is 30.3 Å². The van der Waals surface area contributed by atoms with Crippen LogP contribution in [-0.2, 0) is 16.0 Å². The van der Waals surface area contributed by atoms with Crippen molar-refractivity contribution in [3.05, 3.63) is 69.3 Å². The number of aryl methyl sites for hydroxylation is 1. The number of nitro groups is 1. The topological polar surface area (TPSA) is 89.7 Å². The summed E-state index contributed by atoms with van der Waals surface area (Å²) in [5.74, 6) is -1.22. The van der Waals surface area contributed by atoms with Gasteiger partial charge in [0.15, 0.2) is 6.10 Å². The van der Waals surface area contributed by atoms with Crippen LogP contribution in [0.2, 0.25) is 0 Å². The minimum absolute atomic E-state index is 0.0520. The van der Waals surface area contributed by atoms with E-state index in [0.29, 0.717) is 5.56 Å². The van der Waals surface area contributed by atoms with Gasteiger partial charge in [-0.05, 0) is 44.4 Å². The summed E-state index contributed by atoms with van der Waals surface area (Å²) in [4.78, 5) is 37.7. The predicted octanol–water partition coefficient (Wildman–Crippen LogP) is 3.43. The molecule has 2 atom stereocenters. The molecule has 140 valence electrons. The summed E-state index contributed by atoms with van der Waals surface area (Å²) in [7, 11) is 0. The maximum Gasteiger partial charge on any atom is 0.346 e. The number of anilines is 1. The van der Waals surface area contributed by atoms with Gasteiger partial charge in [0, 0.05) is 17.8 Å². The SMILES string of the molecule is Cc1cccc([N+](=O)[O-])c1C(=O)O[C@@H](C)C(=O)N1c2ccccc2C[C@@H]1C. The Kier molecular flexibility index (Phi) is 4.94. The van der Waals surface area contributed by atoms with Gasteiger partial charge < -0.3 is 9.64 Å². The third-order valence-electron chi connectivity index (χ3n) is 4.73. The summed E-state index contributed by atoms with van der Waals surface area (Å²) in [5, 5.41) is 11.2. The number of nitro benzene ring substituents is 1. The van der Waals surface area contributed by atoms with Crippen molar-refractivity contribution in [1.82, 2.24) is 0 Å². The molecule has 2 aromatic rings. The molecule has 0 bridgehead atoms. The van der Waals surface area contributed by atoms with E-state index in [4.69, 9.17) is 4.74 Å². The molecular formula is C20H20N2O5. The largest absolute Gasteiger partial charge is 0.449 e. The third-order valence-corrected chi connectivity index (χ3v) is 4.73. The molecule has 0 spiro atoms. The average Bonchev–Trinajstić information content (AvgIpc) is 2.96. The van der Waals surface area contributed by atoms with Crippen LogP contribution in [0.25, 0.3) is 0 Å². The molecule has 1 amide bonds. The minimum Gasteiger partial charge on any atom is -0.449 e. The van der Waals surface area contributed by atoms with Gasteiger partial charge in [-0.15, -0.1) is 0 Å². The first-order valence-corrected chi connectivity index (χ1v) is 8.67. The van der Waals surface area contributed by atoms with E-state index in [-0.39, 0.29) is 23.2 Å². The summed E-state index contributed by atoms with van der Waals surface area (Å²) in [6, 6.07) is 11.9. The number of hydrogen-bond acceptors (Lipinski definition) is 5. The Bertz CT molecular complexity index is 924. The van der Waals surface area contributed by atoms with Crippen LogP contribution in [0.1, 0.15) is 35.3 Å². The maximum atomic E-state index is 12.9. The summed E-state index contributed by atoms with van der Waals surface area (Å²) in [6.07, 6.45) is -0.337. The number of ether oxygens (including phenoxy) is 1. The molecule has 0 aromatic heterocycles. The van der Waals surface area contributed by atoms with Crippen LogP contribution < -0.4 is 4.90 Å². The highest BCUT2D eigenvalue weighted by atomic mass is 16.6. The first-order valence-electron chi connectivity index (χ1n) is 8.67. The van der Waals surface area contributed by atoms with Crippen molar-refractivity contribution in [2.75, 3.05) is 4.90 Å². The van der Waals surface area contributed by atoms with E-state index in [9.17, 15) is 19.7 Å². The standard InChI is InChI=1S/C20H20N2O5/c1-12-7-6-10-17(22(25)26)18(12)20(24)27-14(3)19(23)21-13(2)11-15-8-4-5-9-16(15)21/h4-10,13-14H,11H2,1-3H3/t13-,14-/m0/s1. The molecule has 0 saturated heterocycles. The van der Waals surface area contributed by atoms with Gasteiger partial charge in [0.1, 0.15) is 5.56 Å². The number of benzene rings is 2. The van der Waals surface area contributed by atoms with Crippen molar-refractivity contribution in [3.8, 4) is 0 Å². The minimum atomic E-state index is -1.06. The predicted molar refractivity (Wildman–Crippen MR) is 99.8 cm³/mol. The molecule has 7 nitrogen and oxygen atoms in total. The summed E-state index contributed by atoms with van der Waals surface area (Å²) >= 11 is 0. The molecule has 2 aromatic carbocycles. The van der Waals surface area contributed by atoms with E-state index in [2.05, 4.69) is 0 Å². The molecule has 0 unspecified atom stereocenters. The molecule has 1 aliphatic rings. The Labute approximate surface area is 156 Å². The molecule has 0 radical (unpaired) electrons. The van der Waals surface area contributed by atoms with E-state index >= 15 is 0 Å². The highest BCUT2D eigenvalue weighted by Gasteiger charge is 2.35. The monoisotopic (exact) mass is 368 g/mol. The summed E-state index contributed by atoms with van der Waals surface area (Å²) in [6.45, 7) is 5.01. The lowest BCUT2D eigenvalue weighted by Crippen LogP contribution is -2.43. The van der Waals surface area contributed by atoms with Gasteiger partial charge in [-0.3, -0.25) is 14.9 Å². The number of carbonyl (C=O) groups is 2. The fourth-order valence-electron chi connectivity index (χ4n) is 3.44. The number of fused-ring (bicyclic) bond motifs is 1. The van der Waals surface area contributed by atoms with Gasteiger partial charge in [0.25, 0.3) is 11.6 Å². The van der Waals surface area contributed by atoms with E-state index in [1.807, 2.05) is 31.2 Å². The second-order valence-electron chi connectivity index (χ2n) is 6.66. The summed E-state index contributed by atoms with van der Waals surface area (Å²) < 4.78 is 5.31. The molecule has 7 heteroatoms. The second kappa shape index (κ2) is 7.19. The van der Waals surface area contributed by atoms with E-state index in [0.717, 1.165) is 17.7 Å². The normalized spacial score (nSPS) is 16.6. The van der Waals surface area contributed by atoms with Crippen LogP contribution in [-0.4, -0.2) is 28.9 Å². The highest BCUT2D eigenvalue weighted by molar-refractivity contribution is 6.02. The number of para-hydroxylation sites is 1. The Morgan fingerprint density at radius 3 is 2.63 bits per heavy atom. The van der Waals surface area contributed by atoms with Crippen molar-refractivity contribution in [1.29, 1.82) is 0 Å². The average molecular weight is 368 g/mol. The van der Waals surface area contributed by atoms with Crippen molar-refractivity contribution in [3.63, 3.8) is 0 Å². The van der Waals surface area contributed by atoms with Crippen LogP contribution in [0.3, 0.4) is 0 Å². The lowest BCUT2D eigenvalue weighted by molar-refractivity contribution is -0.385. The first-order chi connectivity index (χ1) is 12.8. The molecule has 0 saturated carbocycles. The van der Waals surface area contributed by atoms with Gasteiger partial charge in [0.2, 0.25) is 0 Å². The lowest BCUT2D eigenvalue weighted by Gasteiger charge is -2.26. The molecule has 27 heavy (non-hydrogen) atoms. The van der Waals surface area contributed by atoms with Gasteiger partial charge in [0.05, 0.1) is 4.92 Å². The first kappa shape index (κ1) is 18.6. The van der Waals surface area contributed by atoms with E-state index in [1.54, 1.807) is 17.9 Å². The molecule has 1 heterocycles. The fourth-order valence-corrected chi connectivity index (χ4v) is 3.44. The fraction of sp³-hybridized carbons (Fsp3) is 0.300. The van der Waals surface area contributed by atoms with E-state index < -0.39 is 17.0 Å². The van der Waals surface area contributed by atoms with Crippen molar-refractivity contribution in [2.24, 2.45) is 0 Å². The Morgan fingerprint density at radius 1 is 1.22 bits per heavy atom. The lowest BCUT2D eigenvalue weighted by atomic mass is 10.1. The van der Waals surface area contributed by atoms with Gasteiger partial charge >= 0.3 is 5.97 Å². The van der Waals surface area contributed by atoms with Crippen LogP contribution in [0.4, 0.5) is 11.4 Å². The van der Waals surface area contributed by atoms with E-state index in [1.165, 1.54) is 19.1 Å². The Balaban J connectivity index is 1.82. The molecule has 0 N–H and O–H groups in total. The Morgan fingerprint density at radius 2 is 1.93 bits per heavy atom.